The van der Waals surface area contributed by atoms with E-state index >= 15 is 0 Å². The van der Waals surface area contributed by atoms with Crippen LogP contribution >= 0.6 is 11.6 Å². The smallest absolute Gasteiger partial charge is 0.312 e. The minimum atomic E-state index is -0.254. The van der Waals surface area contributed by atoms with E-state index in [1.807, 2.05) is 0 Å². The van der Waals surface area contributed by atoms with Crippen LogP contribution in [0.15, 0.2) is 17.2 Å². The number of halogens is 1. The van der Waals surface area contributed by atoms with E-state index in [-0.39, 0.29) is 5.69 Å². The molecular weight excluding hydrogens is 250 g/mol. The van der Waals surface area contributed by atoms with Gasteiger partial charge in [-0.05, 0) is 25.7 Å². The summed E-state index contributed by atoms with van der Waals surface area (Å²) < 4.78 is 1.53. The second kappa shape index (κ2) is 7.54. The Labute approximate surface area is 113 Å². The average molecular weight is 272 g/mol. The summed E-state index contributed by atoms with van der Waals surface area (Å²) in [5, 5.41) is 3.89. The van der Waals surface area contributed by atoms with Gasteiger partial charge in [-0.1, -0.05) is 25.4 Å². The van der Waals surface area contributed by atoms with Crippen LogP contribution in [0.1, 0.15) is 33.6 Å². The maximum atomic E-state index is 11.4. The monoisotopic (exact) mass is 271 g/mol. The molecule has 0 aromatic carbocycles. The van der Waals surface area contributed by atoms with Crippen LogP contribution in [-0.4, -0.2) is 22.1 Å². The number of hydrogen-bond acceptors (Lipinski definition) is 3. The van der Waals surface area contributed by atoms with Gasteiger partial charge < -0.3 is 5.32 Å². The minimum Gasteiger partial charge on any atom is -0.312 e. The first-order valence-corrected chi connectivity index (χ1v) is 6.82. The van der Waals surface area contributed by atoms with E-state index in [0.29, 0.717) is 17.6 Å². The Morgan fingerprint density at radius 3 is 2.78 bits per heavy atom. The molecule has 0 saturated heterocycles. The van der Waals surface area contributed by atoms with Crippen LogP contribution in [0.2, 0.25) is 5.02 Å². The Balaban J connectivity index is 2.33. The molecule has 5 heteroatoms. The first-order valence-electron chi connectivity index (χ1n) is 6.44. The van der Waals surface area contributed by atoms with Crippen LogP contribution < -0.4 is 11.0 Å². The van der Waals surface area contributed by atoms with Gasteiger partial charge in [0, 0.05) is 25.3 Å². The van der Waals surface area contributed by atoms with Crippen LogP contribution in [0, 0.1) is 5.92 Å². The molecule has 4 nitrogen and oxygen atoms in total. The summed E-state index contributed by atoms with van der Waals surface area (Å²) in [5.41, 5.74) is -0.254. The van der Waals surface area contributed by atoms with E-state index in [0.717, 1.165) is 18.9 Å². The summed E-state index contributed by atoms with van der Waals surface area (Å²) >= 11 is 5.80. The number of rotatable bonds is 7. The van der Waals surface area contributed by atoms with Gasteiger partial charge in [-0.15, -0.1) is 0 Å². The van der Waals surface area contributed by atoms with Crippen LogP contribution in [0.5, 0.6) is 0 Å². The molecule has 0 fully saturated rings. The number of nitrogens with zero attached hydrogens (tertiary/aromatic N) is 2. The number of aromatic nitrogens is 2. The van der Waals surface area contributed by atoms with Crippen molar-refractivity contribution < 1.29 is 0 Å². The van der Waals surface area contributed by atoms with Gasteiger partial charge >= 0.3 is 5.69 Å². The zero-order valence-corrected chi connectivity index (χ0v) is 12.1. The molecular formula is C13H22ClN3O. The van der Waals surface area contributed by atoms with Gasteiger partial charge in [0.15, 0.2) is 0 Å². The van der Waals surface area contributed by atoms with Crippen molar-refractivity contribution in [2.24, 2.45) is 5.92 Å². The topological polar surface area (TPSA) is 46.9 Å². The highest BCUT2D eigenvalue weighted by atomic mass is 35.5. The molecule has 0 saturated carbocycles. The molecule has 0 radical (unpaired) electrons. The summed E-state index contributed by atoms with van der Waals surface area (Å²) in [5.74, 6) is 0.731. The van der Waals surface area contributed by atoms with Gasteiger partial charge in [0.2, 0.25) is 0 Å². The fourth-order valence-corrected chi connectivity index (χ4v) is 1.87. The fourth-order valence-electron chi connectivity index (χ4n) is 1.71. The first kappa shape index (κ1) is 15.2. The summed E-state index contributed by atoms with van der Waals surface area (Å²) in [6.45, 7) is 7.97. The molecule has 1 rings (SSSR count). The second-order valence-electron chi connectivity index (χ2n) is 5.07. The van der Waals surface area contributed by atoms with E-state index < -0.39 is 0 Å². The third-order valence-electron chi connectivity index (χ3n) is 2.85. The van der Waals surface area contributed by atoms with Crippen molar-refractivity contribution in [1.29, 1.82) is 0 Å². The van der Waals surface area contributed by atoms with Crippen LogP contribution in [0.4, 0.5) is 0 Å². The van der Waals surface area contributed by atoms with Crippen molar-refractivity contribution in [3.63, 3.8) is 0 Å². The molecule has 0 aliphatic rings. The standard InChI is InChI=1S/C13H22ClN3O/c1-10(2)4-5-11(3)15-6-7-17-9-12(14)8-16-13(17)18/h8-11,15H,4-7H2,1-3H3. The van der Waals surface area contributed by atoms with E-state index in [1.54, 1.807) is 6.20 Å². The molecule has 1 unspecified atom stereocenters. The van der Waals surface area contributed by atoms with E-state index in [9.17, 15) is 4.79 Å². The predicted octanol–water partition coefficient (Wildman–Crippen LogP) is 2.31. The predicted molar refractivity (Wildman–Crippen MR) is 75.0 cm³/mol. The summed E-state index contributed by atoms with van der Waals surface area (Å²) in [6.07, 6.45) is 5.36. The molecule has 102 valence electrons. The SMILES string of the molecule is CC(C)CCC(C)NCCn1cc(Cl)cnc1=O. The lowest BCUT2D eigenvalue weighted by Crippen LogP contribution is -2.32. The van der Waals surface area contributed by atoms with Crippen molar-refractivity contribution >= 4 is 11.6 Å². The lowest BCUT2D eigenvalue weighted by atomic mass is 10.0. The molecule has 0 aliphatic carbocycles. The van der Waals surface area contributed by atoms with Gasteiger partial charge in [-0.3, -0.25) is 4.57 Å². The Hall–Kier alpha value is -0.870. The van der Waals surface area contributed by atoms with Crippen LogP contribution in [0.3, 0.4) is 0 Å². The van der Waals surface area contributed by atoms with E-state index in [2.05, 4.69) is 31.1 Å². The zero-order chi connectivity index (χ0) is 13.5. The highest BCUT2D eigenvalue weighted by Crippen LogP contribution is 2.06. The molecule has 1 aromatic rings. The first-order chi connectivity index (χ1) is 8.49. The third-order valence-corrected chi connectivity index (χ3v) is 3.04. The normalized spacial score (nSPS) is 12.9. The lowest BCUT2D eigenvalue weighted by Gasteiger charge is -2.15. The van der Waals surface area contributed by atoms with Crippen molar-refractivity contribution in [2.45, 2.75) is 46.2 Å². The Morgan fingerprint density at radius 1 is 1.39 bits per heavy atom. The molecule has 1 atom stereocenters. The van der Waals surface area contributed by atoms with Crippen molar-refractivity contribution in [1.82, 2.24) is 14.9 Å². The van der Waals surface area contributed by atoms with Gasteiger partial charge in [-0.2, -0.15) is 0 Å². The number of hydrogen-bond donors (Lipinski definition) is 1. The third kappa shape index (κ3) is 5.65. The van der Waals surface area contributed by atoms with Gasteiger partial charge in [-0.25, -0.2) is 9.78 Å². The summed E-state index contributed by atoms with van der Waals surface area (Å²) in [6, 6.07) is 0.468. The molecule has 1 aromatic heterocycles. The highest BCUT2D eigenvalue weighted by Gasteiger charge is 2.03. The largest absolute Gasteiger partial charge is 0.347 e. The Bertz CT molecular complexity index is 417. The minimum absolute atomic E-state index is 0.254. The molecule has 0 bridgehead atoms. The fraction of sp³-hybridized carbons (Fsp3) is 0.692. The lowest BCUT2D eigenvalue weighted by molar-refractivity contribution is 0.438. The quantitative estimate of drug-likeness (QED) is 0.828. The summed E-state index contributed by atoms with van der Waals surface area (Å²) in [4.78, 5) is 15.1. The molecule has 0 amide bonds. The maximum Gasteiger partial charge on any atom is 0.347 e. The highest BCUT2D eigenvalue weighted by molar-refractivity contribution is 6.30. The Morgan fingerprint density at radius 2 is 2.11 bits per heavy atom. The van der Waals surface area contributed by atoms with Gasteiger partial charge in [0.05, 0.1) is 11.2 Å². The van der Waals surface area contributed by atoms with Crippen molar-refractivity contribution in [3.8, 4) is 0 Å². The molecule has 1 N–H and O–H groups in total. The van der Waals surface area contributed by atoms with Gasteiger partial charge in [0.1, 0.15) is 0 Å². The van der Waals surface area contributed by atoms with Crippen LogP contribution in [0.25, 0.3) is 0 Å². The second-order valence-corrected chi connectivity index (χ2v) is 5.51. The van der Waals surface area contributed by atoms with Crippen LogP contribution in [-0.2, 0) is 6.54 Å². The average Bonchev–Trinajstić information content (AvgIpc) is 2.31. The molecule has 0 spiro atoms. The summed E-state index contributed by atoms with van der Waals surface area (Å²) in [7, 11) is 0. The van der Waals surface area contributed by atoms with Crippen molar-refractivity contribution in [3.05, 3.63) is 27.9 Å². The number of nitrogens with one attached hydrogen (secondary N) is 1. The van der Waals surface area contributed by atoms with Gasteiger partial charge in [0.25, 0.3) is 0 Å². The molecule has 1 heterocycles. The zero-order valence-electron chi connectivity index (χ0n) is 11.3. The Kier molecular flexibility index (Phi) is 6.36. The van der Waals surface area contributed by atoms with E-state index in [1.165, 1.54) is 17.2 Å². The molecule has 0 aliphatic heterocycles. The van der Waals surface area contributed by atoms with E-state index in [4.69, 9.17) is 11.6 Å². The maximum absolute atomic E-state index is 11.4. The van der Waals surface area contributed by atoms with Crippen molar-refractivity contribution in [2.75, 3.05) is 6.54 Å². The molecule has 18 heavy (non-hydrogen) atoms.